The number of nitrogens with zero attached hydrogens (tertiary/aromatic N) is 2. The number of rotatable bonds is 2. The van der Waals surface area contributed by atoms with E-state index in [-0.39, 0.29) is 5.91 Å². The van der Waals surface area contributed by atoms with Crippen molar-refractivity contribution in [2.24, 2.45) is 0 Å². The van der Waals surface area contributed by atoms with E-state index in [9.17, 15) is 4.79 Å². The third-order valence-electron chi connectivity index (χ3n) is 2.65. The first-order valence-corrected chi connectivity index (χ1v) is 6.07. The van der Waals surface area contributed by atoms with Gasteiger partial charge in [-0.2, -0.15) is 5.10 Å². The predicted molar refractivity (Wildman–Crippen MR) is 75.4 cm³/mol. The van der Waals surface area contributed by atoms with Gasteiger partial charge in [0.2, 0.25) is 0 Å². The first-order chi connectivity index (χ1) is 9.22. The first-order valence-electron chi connectivity index (χ1n) is 5.66. The smallest absolute Gasteiger partial charge is 0.273 e. The lowest BCUT2D eigenvalue weighted by atomic mass is 10.3. The lowest BCUT2D eigenvalue weighted by Crippen LogP contribution is -2.21. The molecule has 1 fully saturated rings. The second-order valence-electron chi connectivity index (χ2n) is 4.02. The lowest BCUT2D eigenvalue weighted by molar-refractivity contribution is -0.115. The zero-order chi connectivity index (χ0) is 13.2. The molecule has 1 aromatic carbocycles. The van der Waals surface area contributed by atoms with Gasteiger partial charge in [0.1, 0.15) is 5.70 Å². The maximum atomic E-state index is 11.5. The summed E-state index contributed by atoms with van der Waals surface area (Å²) in [4.78, 5) is 11.5. The van der Waals surface area contributed by atoms with Crippen LogP contribution in [0, 0.1) is 0 Å². The Morgan fingerprint density at radius 2 is 2.00 bits per heavy atom. The van der Waals surface area contributed by atoms with Crippen LogP contribution >= 0.6 is 12.2 Å². The predicted octanol–water partition coefficient (Wildman–Crippen LogP) is 1.22. The minimum Gasteiger partial charge on any atom is -0.328 e. The van der Waals surface area contributed by atoms with Crippen LogP contribution in [0.5, 0.6) is 0 Å². The monoisotopic (exact) mass is 270 g/mol. The largest absolute Gasteiger partial charge is 0.328 e. The number of aromatic nitrogens is 2. The summed E-state index contributed by atoms with van der Waals surface area (Å²) in [6.07, 6.45) is 5.25. The van der Waals surface area contributed by atoms with Crippen molar-refractivity contribution < 1.29 is 4.79 Å². The Kier molecular flexibility index (Phi) is 2.85. The number of hydrogen-bond acceptors (Lipinski definition) is 3. The van der Waals surface area contributed by atoms with Crippen LogP contribution in [0.25, 0.3) is 11.8 Å². The van der Waals surface area contributed by atoms with Crippen LogP contribution in [0.4, 0.5) is 0 Å². The molecule has 1 aromatic heterocycles. The van der Waals surface area contributed by atoms with Crippen molar-refractivity contribution in [1.29, 1.82) is 0 Å². The van der Waals surface area contributed by atoms with E-state index < -0.39 is 0 Å². The van der Waals surface area contributed by atoms with Gasteiger partial charge < -0.3 is 5.32 Å². The van der Waals surface area contributed by atoms with Crippen molar-refractivity contribution in [3.8, 4) is 5.69 Å². The van der Waals surface area contributed by atoms with Crippen LogP contribution < -0.4 is 10.6 Å². The maximum absolute atomic E-state index is 11.5. The molecule has 6 heteroatoms. The minimum atomic E-state index is -0.225. The van der Waals surface area contributed by atoms with Crippen molar-refractivity contribution in [3.63, 3.8) is 0 Å². The molecule has 94 valence electrons. The summed E-state index contributed by atoms with van der Waals surface area (Å²) in [5.74, 6) is -0.225. The molecule has 0 aliphatic carbocycles. The quantitative estimate of drug-likeness (QED) is 0.636. The third-order valence-corrected chi connectivity index (χ3v) is 2.86. The summed E-state index contributed by atoms with van der Waals surface area (Å²) >= 11 is 4.87. The first kappa shape index (κ1) is 11.6. The molecule has 0 saturated carbocycles. The zero-order valence-electron chi connectivity index (χ0n) is 9.83. The molecule has 0 atom stereocenters. The molecule has 0 bridgehead atoms. The molecule has 0 spiro atoms. The number of carbonyl (C=O) groups is 1. The molecule has 3 rings (SSSR count). The Morgan fingerprint density at radius 3 is 2.68 bits per heavy atom. The van der Waals surface area contributed by atoms with Gasteiger partial charge in [0, 0.05) is 11.8 Å². The van der Waals surface area contributed by atoms with Gasteiger partial charge in [0.05, 0.1) is 11.9 Å². The van der Waals surface area contributed by atoms with E-state index in [0.29, 0.717) is 10.8 Å². The molecule has 2 N–H and O–H groups in total. The van der Waals surface area contributed by atoms with E-state index in [1.807, 2.05) is 36.5 Å². The van der Waals surface area contributed by atoms with Crippen molar-refractivity contribution in [2.75, 3.05) is 0 Å². The van der Waals surface area contributed by atoms with Gasteiger partial charge in [-0.05, 0) is 30.4 Å². The molecule has 0 radical (unpaired) electrons. The highest BCUT2D eigenvalue weighted by atomic mass is 32.1. The summed E-state index contributed by atoms with van der Waals surface area (Å²) in [5, 5.41) is 9.89. The topological polar surface area (TPSA) is 59.0 Å². The molecule has 5 nitrogen and oxygen atoms in total. The van der Waals surface area contributed by atoms with Crippen molar-refractivity contribution in [1.82, 2.24) is 20.4 Å². The van der Waals surface area contributed by atoms with Gasteiger partial charge in [-0.15, -0.1) is 0 Å². The van der Waals surface area contributed by atoms with Crippen molar-refractivity contribution in [3.05, 3.63) is 54.0 Å². The molecular formula is C13H10N4OS. The lowest BCUT2D eigenvalue weighted by Gasteiger charge is -1.98. The van der Waals surface area contributed by atoms with Gasteiger partial charge in [0.15, 0.2) is 5.11 Å². The molecule has 1 amide bonds. The molecule has 19 heavy (non-hydrogen) atoms. The molecule has 2 heterocycles. The van der Waals surface area contributed by atoms with E-state index >= 15 is 0 Å². The van der Waals surface area contributed by atoms with Crippen LogP contribution in [0.2, 0.25) is 0 Å². The SMILES string of the molecule is O=C1NC(=S)N/C1=C\c1cnn(-c2ccccc2)c1. The Balaban J connectivity index is 1.89. The summed E-state index contributed by atoms with van der Waals surface area (Å²) in [6.45, 7) is 0. The minimum absolute atomic E-state index is 0.225. The van der Waals surface area contributed by atoms with E-state index in [1.165, 1.54) is 0 Å². The van der Waals surface area contributed by atoms with E-state index in [0.717, 1.165) is 11.3 Å². The van der Waals surface area contributed by atoms with Crippen LogP contribution in [0.1, 0.15) is 5.56 Å². The summed E-state index contributed by atoms with van der Waals surface area (Å²) in [5.41, 5.74) is 2.22. The number of thiocarbonyl (C=S) groups is 1. The summed E-state index contributed by atoms with van der Waals surface area (Å²) < 4.78 is 1.75. The van der Waals surface area contributed by atoms with Gasteiger partial charge >= 0.3 is 0 Å². The van der Waals surface area contributed by atoms with Crippen LogP contribution in [-0.4, -0.2) is 20.8 Å². The van der Waals surface area contributed by atoms with Gasteiger partial charge in [-0.3, -0.25) is 10.1 Å². The highest BCUT2D eigenvalue weighted by molar-refractivity contribution is 7.80. The van der Waals surface area contributed by atoms with E-state index in [1.54, 1.807) is 17.0 Å². The average molecular weight is 270 g/mol. The van der Waals surface area contributed by atoms with E-state index in [2.05, 4.69) is 15.7 Å². The molecule has 1 aliphatic heterocycles. The maximum Gasteiger partial charge on any atom is 0.273 e. The molecule has 1 aliphatic rings. The Labute approximate surface area is 114 Å². The number of para-hydroxylation sites is 1. The summed E-state index contributed by atoms with van der Waals surface area (Å²) in [7, 11) is 0. The average Bonchev–Trinajstić information content (AvgIpc) is 2.99. The standard InChI is InChI=1S/C13H10N4OS/c18-12-11(15-13(19)16-12)6-9-7-14-17(8-9)10-4-2-1-3-5-10/h1-8H,(H2,15,16,18,19)/b11-6-. The number of carbonyl (C=O) groups excluding carboxylic acids is 1. The number of amides is 1. The van der Waals surface area contributed by atoms with Crippen LogP contribution in [0.15, 0.2) is 48.4 Å². The molecule has 0 unspecified atom stereocenters. The van der Waals surface area contributed by atoms with Gasteiger partial charge in [0.25, 0.3) is 5.91 Å². The summed E-state index contributed by atoms with van der Waals surface area (Å²) in [6, 6.07) is 9.75. The van der Waals surface area contributed by atoms with Crippen LogP contribution in [0.3, 0.4) is 0 Å². The van der Waals surface area contributed by atoms with Crippen molar-refractivity contribution >= 4 is 29.3 Å². The van der Waals surface area contributed by atoms with Gasteiger partial charge in [-0.25, -0.2) is 4.68 Å². The highest BCUT2D eigenvalue weighted by Gasteiger charge is 2.19. The number of benzene rings is 1. The normalized spacial score (nSPS) is 16.5. The Morgan fingerprint density at radius 1 is 1.21 bits per heavy atom. The molecule has 2 aromatic rings. The Bertz CT molecular complexity index is 675. The zero-order valence-corrected chi connectivity index (χ0v) is 10.6. The Hall–Kier alpha value is -2.47. The fourth-order valence-corrected chi connectivity index (χ4v) is 1.98. The fourth-order valence-electron chi connectivity index (χ4n) is 1.78. The number of hydrogen-bond donors (Lipinski definition) is 2. The van der Waals surface area contributed by atoms with E-state index in [4.69, 9.17) is 12.2 Å². The fraction of sp³-hybridized carbons (Fsp3) is 0. The van der Waals surface area contributed by atoms with Crippen molar-refractivity contribution in [2.45, 2.75) is 0 Å². The number of nitrogens with one attached hydrogen (secondary N) is 2. The second kappa shape index (κ2) is 4.66. The van der Waals surface area contributed by atoms with Crippen LogP contribution in [-0.2, 0) is 4.79 Å². The van der Waals surface area contributed by atoms with Gasteiger partial charge in [-0.1, -0.05) is 18.2 Å². The second-order valence-corrected chi connectivity index (χ2v) is 4.43. The highest BCUT2D eigenvalue weighted by Crippen LogP contribution is 2.11. The molecule has 1 saturated heterocycles. The third kappa shape index (κ3) is 2.38. The molecular weight excluding hydrogens is 260 g/mol.